The minimum atomic E-state index is -0.0995. The first kappa shape index (κ1) is 19.8. The van der Waals surface area contributed by atoms with Crippen LogP contribution in [0.5, 0.6) is 0 Å². The molecule has 4 aromatic rings. The van der Waals surface area contributed by atoms with Crippen molar-refractivity contribution < 1.29 is 4.79 Å². The maximum absolute atomic E-state index is 13.4. The van der Waals surface area contributed by atoms with Gasteiger partial charge in [-0.15, -0.1) is 11.3 Å². The number of aromatic nitrogens is 3. The van der Waals surface area contributed by atoms with Gasteiger partial charge in [0.15, 0.2) is 5.65 Å². The molecule has 3 aromatic heterocycles. The summed E-state index contributed by atoms with van der Waals surface area (Å²) in [7, 11) is 1.87. The zero-order valence-electron chi connectivity index (χ0n) is 17.8. The van der Waals surface area contributed by atoms with E-state index in [0.29, 0.717) is 12.1 Å². The molecule has 6 nitrogen and oxygen atoms in total. The molecule has 1 amide bonds. The molecule has 0 bridgehead atoms. The van der Waals surface area contributed by atoms with E-state index in [4.69, 9.17) is 4.98 Å². The topological polar surface area (TPSA) is 63.1 Å². The number of amides is 1. The molecule has 31 heavy (non-hydrogen) atoms. The lowest BCUT2D eigenvalue weighted by Crippen LogP contribution is -2.26. The highest BCUT2D eigenvalue weighted by Crippen LogP contribution is 2.30. The molecular formula is C24H25N5OS. The summed E-state index contributed by atoms with van der Waals surface area (Å²) in [4.78, 5) is 21.6. The number of rotatable bonds is 5. The highest BCUT2D eigenvalue weighted by atomic mass is 32.1. The predicted octanol–water partition coefficient (Wildman–Crippen LogP) is 4.54. The van der Waals surface area contributed by atoms with Crippen molar-refractivity contribution >= 4 is 34.0 Å². The summed E-state index contributed by atoms with van der Waals surface area (Å²) in [6, 6.07) is 14.3. The van der Waals surface area contributed by atoms with E-state index in [-0.39, 0.29) is 5.91 Å². The number of nitrogens with zero attached hydrogens (tertiary/aromatic N) is 4. The molecule has 0 atom stereocenters. The highest BCUT2D eigenvalue weighted by molar-refractivity contribution is 7.13. The van der Waals surface area contributed by atoms with Crippen molar-refractivity contribution in [3.8, 4) is 10.6 Å². The molecule has 1 aliphatic rings. The number of anilines is 1. The summed E-state index contributed by atoms with van der Waals surface area (Å²) in [6.07, 6.45) is 2.45. The highest BCUT2D eigenvalue weighted by Gasteiger charge is 2.20. The Kier molecular flexibility index (Phi) is 5.19. The number of aryl methyl sites for hydroxylation is 2. The molecule has 158 valence electrons. The summed E-state index contributed by atoms with van der Waals surface area (Å²) in [6.45, 7) is 4.57. The van der Waals surface area contributed by atoms with Gasteiger partial charge in [-0.05, 0) is 48.9 Å². The number of para-hydroxylation sites is 1. The van der Waals surface area contributed by atoms with Crippen LogP contribution >= 0.6 is 11.3 Å². The molecule has 1 saturated heterocycles. The number of hydrogen-bond donors (Lipinski definition) is 1. The molecule has 1 aliphatic heterocycles. The van der Waals surface area contributed by atoms with Gasteiger partial charge in [0.05, 0.1) is 27.2 Å². The quantitative estimate of drug-likeness (QED) is 0.504. The van der Waals surface area contributed by atoms with E-state index in [1.54, 1.807) is 16.0 Å². The average molecular weight is 432 g/mol. The molecule has 4 heterocycles. The van der Waals surface area contributed by atoms with Gasteiger partial charge in [0.1, 0.15) is 0 Å². The van der Waals surface area contributed by atoms with E-state index in [1.807, 2.05) is 43.6 Å². The van der Waals surface area contributed by atoms with Crippen molar-refractivity contribution in [2.75, 3.05) is 18.0 Å². The number of carbonyl (C=O) groups is 1. The Balaban J connectivity index is 1.48. The standard InChI is InChI=1S/C24H25N5OS/c1-16-22-18(14-19(21-10-7-13-31-21)26-23(22)28(2)27-16)24(30)25-15-17-8-3-4-9-20(17)29-11-5-6-12-29/h3-4,7-10,13-14H,5-6,11-12,15H2,1-2H3,(H,25,30). The van der Waals surface area contributed by atoms with Crippen LogP contribution in [0.25, 0.3) is 21.6 Å². The summed E-state index contributed by atoms with van der Waals surface area (Å²) >= 11 is 1.61. The largest absolute Gasteiger partial charge is 0.371 e. The zero-order chi connectivity index (χ0) is 21.4. The third-order valence-corrected chi connectivity index (χ3v) is 6.76. The molecule has 0 saturated carbocycles. The van der Waals surface area contributed by atoms with Crippen LogP contribution in [0.4, 0.5) is 5.69 Å². The Morgan fingerprint density at radius 3 is 2.74 bits per heavy atom. The molecule has 0 spiro atoms. The molecule has 0 aliphatic carbocycles. The van der Waals surface area contributed by atoms with Crippen molar-refractivity contribution in [2.45, 2.75) is 26.3 Å². The second-order valence-corrected chi connectivity index (χ2v) is 8.89. The Morgan fingerprint density at radius 1 is 1.16 bits per heavy atom. The lowest BCUT2D eigenvalue weighted by Gasteiger charge is -2.21. The number of benzene rings is 1. The molecular weight excluding hydrogens is 406 g/mol. The number of carbonyl (C=O) groups excluding carboxylic acids is 1. The SMILES string of the molecule is Cc1nn(C)c2nc(-c3cccs3)cc(C(=O)NCc3ccccc3N3CCCC3)c12. The number of fused-ring (bicyclic) bond motifs is 1. The molecule has 1 N–H and O–H groups in total. The van der Waals surface area contributed by atoms with Crippen LogP contribution in [0.15, 0.2) is 47.8 Å². The lowest BCUT2D eigenvalue weighted by atomic mass is 10.1. The van der Waals surface area contributed by atoms with Gasteiger partial charge in [0.2, 0.25) is 0 Å². The smallest absolute Gasteiger partial charge is 0.252 e. The average Bonchev–Trinajstić information content (AvgIpc) is 3.55. The van der Waals surface area contributed by atoms with E-state index in [1.165, 1.54) is 18.5 Å². The van der Waals surface area contributed by atoms with Crippen molar-refractivity contribution in [1.29, 1.82) is 0 Å². The number of nitrogens with one attached hydrogen (secondary N) is 1. The van der Waals surface area contributed by atoms with Crippen LogP contribution < -0.4 is 10.2 Å². The maximum Gasteiger partial charge on any atom is 0.252 e. The summed E-state index contributed by atoms with van der Waals surface area (Å²) in [5, 5.41) is 10.5. The number of thiophene rings is 1. The van der Waals surface area contributed by atoms with Crippen LogP contribution in [0.1, 0.15) is 34.5 Å². The Morgan fingerprint density at radius 2 is 1.97 bits per heavy atom. The molecule has 1 fully saturated rings. The first-order valence-corrected chi connectivity index (χ1v) is 11.5. The fourth-order valence-electron chi connectivity index (χ4n) is 4.37. The second kappa shape index (κ2) is 8.15. The zero-order valence-corrected chi connectivity index (χ0v) is 18.6. The minimum absolute atomic E-state index is 0.0995. The molecule has 5 rings (SSSR count). The van der Waals surface area contributed by atoms with Gasteiger partial charge in [0, 0.05) is 32.4 Å². The van der Waals surface area contributed by atoms with Crippen LogP contribution in [0.2, 0.25) is 0 Å². The first-order chi connectivity index (χ1) is 15.1. The Labute approximate surface area is 185 Å². The molecule has 7 heteroatoms. The molecule has 1 aromatic carbocycles. The number of hydrogen-bond acceptors (Lipinski definition) is 5. The summed E-state index contributed by atoms with van der Waals surface area (Å²) in [5.74, 6) is -0.0995. The first-order valence-electron chi connectivity index (χ1n) is 10.6. The van der Waals surface area contributed by atoms with Crippen LogP contribution in [0, 0.1) is 6.92 Å². The van der Waals surface area contributed by atoms with E-state index >= 15 is 0 Å². The van der Waals surface area contributed by atoms with Crippen molar-refractivity contribution in [3.63, 3.8) is 0 Å². The molecule has 0 radical (unpaired) electrons. The van der Waals surface area contributed by atoms with Gasteiger partial charge in [-0.2, -0.15) is 5.10 Å². The van der Waals surface area contributed by atoms with Gasteiger partial charge in [-0.3, -0.25) is 9.48 Å². The second-order valence-electron chi connectivity index (χ2n) is 7.95. The van der Waals surface area contributed by atoms with Crippen LogP contribution in [-0.4, -0.2) is 33.8 Å². The normalized spacial score (nSPS) is 13.8. The van der Waals surface area contributed by atoms with Gasteiger partial charge in [0.25, 0.3) is 5.91 Å². The lowest BCUT2D eigenvalue weighted by molar-refractivity contribution is 0.0952. The monoisotopic (exact) mass is 431 g/mol. The predicted molar refractivity (Wildman–Crippen MR) is 126 cm³/mol. The van der Waals surface area contributed by atoms with Crippen molar-refractivity contribution in [3.05, 3.63) is 64.7 Å². The molecule has 0 unspecified atom stereocenters. The Bertz CT molecular complexity index is 1240. The fourth-order valence-corrected chi connectivity index (χ4v) is 5.06. The third kappa shape index (κ3) is 3.70. The van der Waals surface area contributed by atoms with E-state index in [0.717, 1.165) is 46.0 Å². The summed E-state index contributed by atoms with van der Waals surface area (Å²) < 4.78 is 1.75. The van der Waals surface area contributed by atoms with Gasteiger partial charge >= 0.3 is 0 Å². The van der Waals surface area contributed by atoms with Gasteiger partial charge in [-0.1, -0.05) is 24.3 Å². The Hall–Kier alpha value is -3.19. The fraction of sp³-hybridized carbons (Fsp3) is 0.292. The van der Waals surface area contributed by atoms with Crippen molar-refractivity contribution in [2.24, 2.45) is 7.05 Å². The van der Waals surface area contributed by atoms with E-state index in [9.17, 15) is 4.79 Å². The summed E-state index contributed by atoms with van der Waals surface area (Å²) in [5.41, 5.74) is 5.32. The maximum atomic E-state index is 13.4. The van der Waals surface area contributed by atoms with Gasteiger partial charge < -0.3 is 10.2 Å². The van der Waals surface area contributed by atoms with Gasteiger partial charge in [-0.25, -0.2) is 4.98 Å². The van der Waals surface area contributed by atoms with Crippen LogP contribution in [0.3, 0.4) is 0 Å². The van der Waals surface area contributed by atoms with Crippen LogP contribution in [-0.2, 0) is 13.6 Å². The number of pyridine rings is 1. The minimum Gasteiger partial charge on any atom is -0.371 e. The van der Waals surface area contributed by atoms with E-state index in [2.05, 4.69) is 33.5 Å². The third-order valence-electron chi connectivity index (χ3n) is 5.86. The van der Waals surface area contributed by atoms with E-state index < -0.39 is 0 Å². The van der Waals surface area contributed by atoms with Crippen molar-refractivity contribution in [1.82, 2.24) is 20.1 Å².